The molecule has 2 aromatic carbocycles. The summed E-state index contributed by atoms with van der Waals surface area (Å²) in [5.41, 5.74) is 2.13. The van der Waals surface area contributed by atoms with Gasteiger partial charge in [0.2, 0.25) is 0 Å². The fourth-order valence-electron chi connectivity index (χ4n) is 2.72. The van der Waals surface area contributed by atoms with Gasteiger partial charge in [-0.25, -0.2) is 0 Å². The predicted molar refractivity (Wildman–Crippen MR) is 101 cm³/mol. The van der Waals surface area contributed by atoms with Crippen molar-refractivity contribution in [1.29, 1.82) is 0 Å². The highest BCUT2D eigenvalue weighted by atomic mass is 16.3. The molecule has 0 saturated heterocycles. The number of hydrogen-bond donors (Lipinski definition) is 3. The van der Waals surface area contributed by atoms with E-state index in [2.05, 4.69) is 5.32 Å². The van der Waals surface area contributed by atoms with Gasteiger partial charge in [-0.3, -0.25) is 29.8 Å². The average Bonchev–Trinajstić information content (AvgIpc) is 3.14. The summed E-state index contributed by atoms with van der Waals surface area (Å²) in [5.74, 6) is -2.41. The summed E-state index contributed by atoms with van der Waals surface area (Å²) in [6.45, 7) is 0. The van der Waals surface area contributed by atoms with Gasteiger partial charge in [0.1, 0.15) is 0 Å². The number of rotatable bonds is 3. The number of benzene rings is 2. The van der Waals surface area contributed by atoms with E-state index in [0.29, 0.717) is 17.6 Å². The Morgan fingerprint density at radius 1 is 0.714 bits per heavy atom. The van der Waals surface area contributed by atoms with Gasteiger partial charge in [0, 0.05) is 18.1 Å². The highest BCUT2D eigenvalue weighted by Gasteiger charge is 2.30. The van der Waals surface area contributed by atoms with Crippen LogP contribution in [0.2, 0.25) is 0 Å². The Bertz CT molecular complexity index is 1010. The molecule has 3 N–H and O–H groups in total. The predicted octanol–water partition coefficient (Wildman–Crippen LogP) is 1.42. The fraction of sp³-hybridized carbons (Fsp3) is 0.0476. The van der Waals surface area contributed by atoms with Crippen molar-refractivity contribution in [2.24, 2.45) is 0 Å². The molecule has 0 fully saturated rings. The minimum Gasteiger partial charge on any atom is -0.502 e. The van der Waals surface area contributed by atoms with E-state index in [1.165, 1.54) is 6.08 Å². The van der Waals surface area contributed by atoms with E-state index >= 15 is 0 Å². The van der Waals surface area contributed by atoms with Gasteiger partial charge in [0.05, 0.1) is 5.57 Å². The standard InChI is InChI=1S/C11H9NO2.C10H7NO3/c13-10-7-9(11(14)12-10)6-8-4-2-1-3-5-8;12-8-7(9(13)11-10(8)14)6-4-2-1-3-5-6/h1-5,7H,6H2,(H,12,13,14);1-5H,(H2,11,12,13,14). The van der Waals surface area contributed by atoms with Crippen molar-refractivity contribution in [2.75, 3.05) is 0 Å². The van der Waals surface area contributed by atoms with Gasteiger partial charge in [-0.15, -0.1) is 0 Å². The van der Waals surface area contributed by atoms with Gasteiger partial charge in [0.25, 0.3) is 23.6 Å². The Labute approximate surface area is 160 Å². The molecular weight excluding hydrogens is 360 g/mol. The SMILES string of the molecule is O=C1C=C(Cc2ccccc2)C(=O)N1.O=C1NC(=O)C(c2ccccc2)=C1O. The zero-order chi connectivity index (χ0) is 20.1. The second-order valence-electron chi connectivity index (χ2n) is 6.02. The summed E-state index contributed by atoms with van der Waals surface area (Å²) < 4.78 is 0. The van der Waals surface area contributed by atoms with E-state index in [9.17, 15) is 24.3 Å². The molecule has 2 aliphatic heterocycles. The molecule has 7 heteroatoms. The van der Waals surface area contributed by atoms with Crippen molar-refractivity contribution in [3.63, 3.8) is 0 Å². The third kappa shape index (κ3) is 4.21. The number of amides is 4. The quantitative estimate of drug-likeness (QED) is 0.702. The Kier molecular flexibility index (Phi) is 5.45. The van der Waals surface area contributed by atoms with Crippen LogP contribution in [0.4, 0.5) is 0 Å². The molecule has 4 rings (SSSR count). The first kappa shape index (κ1) is 18.8. The summed E-state index contributed by atoms with van der Waals surface area (Å²) in [7, 11) is 0. The van der Waals surface area contributed by atoms with Crippen molar-refractivity contribution < 1.29 is 24.3 Å². The normalized spacial score (nSPS) is 15.6. The number of aliphatic hydroxyl groups excluding tert-OH is 1. The third-order valence-corrected chi connectivity index (χ3v) is 4.04. The monoisotopic (exact) mass is 376 g/mol. The van der Waals surface area contributed by atoms with Gasteiger partial charge in [-0.1, -0.05) is 60.7 Å². The Morgan fingerprint density at radius 2 is 1.32 bits per heavy atom. The Morgan fingerprint density at radius 3 is 1.82 bits per heavy atom. The van der Waals surface area contributed by atoms with Crippen molar-refractivity contribution >= 4 is 29.2 Å². The molecular formula is C21H16N2O5. The lowest BCUT2D eigenvalue weighted by molar-refractivity contribution is -0.125. The first-order valence-corrected chi connectivity index (χ1v) is 8.40. The summed E-state index contributed by atoms with van der Waals surface area (Å²) in [5, 5.41) is 13.6. The van der Waals surface area contributed by atoms with E-state index in [1.54, 1.807) is 30.3 Å². The number of imide groups is 2. The van der Waals surface area contributed by atoms with Gasteiger partial charge in [-0.05, 0) is 11.1 Å². The van der Waals surface area contributed by atoms with Crippen LogP contribution in [-0.2, 0) is 25.6 Å². The van der Waals surface area contributed by atoms with Gasteiger partial charge in [-0.2, -0.15) is 0 Å². The maximum Gasteiger partial charge on any atom is 0.293 e. The van der Waals surface area contributed by atoms with Gasteiger partial charge < -0.3 is 5.11 Å². The number of carbonyl (C=O) groups is 4. The molecule has 0 unspecified atom stereocenters. The molecule has 0 bridgehead atoms. The van der Waals surface area contributed by atoms with E-state index in [4.69, 9.17) is 0 Å². The number of nitrogens with one attached hydrogen (secondary N) is 2. The van der Waals surface area contributed by atoms with E-state index < -0.39 is 17.6 Å². The minimum atomic E-state index is -0.742. The highest BCUT2D eigenvalue weighted by molar-refractivity contribution is 6.35. The maximum absolute atomic E-state index is 11.2. The number of carbonyl (C=O) groups excluding carboxylic acids is 4. The van der Waals surface area contributed by atoms with Crippen LogP contribution in [0.5, 0.6) is 0 Å². The average molecular weight is 376 g/mol. The van der Waals surface area contributed by atoms with Crippen LogP contribution in [0.1, 0.15) is 11.1 Å². The summed E-state index contributed by atoms with van der Waals surface area (Å²) in [6, 6.07) is 18.1. The summed E-state index contributed by atoms with van der Waals surface area (Å²) in [6.07, 6.45) is 1.87. The van der Waals surface area contributed by atoms with Crippen LogP contribution in [-0.4, -0.2) is 28.7 Å². The second kappa shape index (κ2) is 8.13. The zero-order valence-electron chi connectivity index (χ0n) is 14.6. The van der Waals surface area contributed by atoms with E-state index in [-0.39, 0.29) is 17.4 Å². The number of hydrogen-bond acceptors (Lipinski definition) is 5. The Hall–Kier alpha value is -4.00. The van der Waals surface area contributed by atoms with Crippen molar-refractivity contribution in [1.82, 2.24) is 10.6 Å². The minimum absolute atomic E-state index is 0.0376. The van der Waals surface area contributed by atoms with Crippen molar-refractivity contribution in [3.05, 3.63) is 89.2 Å². The molecule has 7 nitrogen and oxygen atoms in total. The second-order valence-corrected chi connectivity index (χ2v) is 6.02. The third-order valence-electron chi connectivity index (χ3n) is 4.04. The van der Waals surface area contributed by atoms with Crippen LogP contribution in [0.3, 0.4) is 0 Å². The van der Waals surface area contributed by atoms with Crippen LogP contribution in [0, 0.1) is 0 Å². The fourth-order valence-corrected chi connectivity index (χ4v) is 2.72. The summed E-state index contributed by atoms with van der Waals surface area (Å²) in [4.78, 5) is 44.2. The molecule has 0 saturated carbocycles. The molecule has 0 spiro atoms. The van der Waals surface area contributed by atoms with Crippen molar-refractivity contribution in [2.45, 2.75) is 6.42 Å². The highest BCUT2D eigenvalue weighted by Crippen LogP contribution is 2.21. The number of aliphatic hydroxyl groups is 1. The Balaban J connectivity index is 0.000000161. The molecule has 2 aliphatic rings. The van der Waals surface area contributed by atoms with Crippen LogP contribution in [0.25, 0.3) is 5.57 Å². The molecule has 0 aliphatic carbocycles. The molecule has 4 amide bonds. The van der Waals surface area contributed by atoms with Gasteiger partial charge >= 0.3 is 0 Å². The summed E-state index contributed by atoms with van der Waals surface area (Å²) >= 11 is 0. The molecule has 2 aromatic rings. The smallest absolute Gasteiger partial charge is 0.293 e. The first-order valence-electron chi connectivity index (χ1n) is 8.40. The van der Waals surface area contributed by atoms with Gasteiger partial charge in [0.15, 0.2) is 5.76 Å². The largest absolute Gasteiger partial charge is 0.502 e. The van der Waals surface area contributed by atoms with E-state index in [0.717, 1.165) is 5.56 Å². The lowest BCUT2D eigenvalue weighted by Gasteiger charge is -1.99. The first-order chi connectivity index (χ1) is 13.5. The zero-order valence-corrected chi connectivity index (χ0v) is 14.6. The molecule has 140 valence electrons. The lowest BCUT2D eigenvalue weighted by Crippen LogP contribution is -2.22. The topological polar surface area (TPSA) is 113 Å². The van der Waals surface area contributed by atoms with Crippen LogP contribution < -0.4 is 10.6 Å². The van der Waals surface area contributed by atoms with Crippen LogP contribution in [0.15, 0.2) is 78.1 Å². The molecule has 0 radical (unpaired) electrons. The molecule has 28 heavy (non-hydrogen) atoms. The van der Waals surface area contributed by atoms with Crippen LogP contribution >= 0.6 is 0 Å². The van der Waals surface area contributed by atoms with E-state index in [1.807, 2.05) is 35.6 Å². The molecule has 2 heterocycles. The van der Waals surface area contributed by atoms with Crippen molar-refractivity contribution in [3.8, 4) is 0 Å². The molecule has 0 atom stereocenters. The lowest BCUT2D eigenvalue weighted by atomic mass is 10.1. The molecule has 0 aromatic heterocycles. The maximum atomic E-state index is 11.2.